The molecule has 2 aromatic carbocycles. The molecule has 4 rings (SSSR count). The number of nitrogens with one attached hydrogen (secondary N) is 1. The van der Waals surface area contributed by atoms with Crippen LogP contribution in [0, 0.1) is 0 Å². The van der Waals surface area contributed by atoms with Crippen molar-refractivity contribution in [3.05, 3.63) is 59.2 Å². The van der Waals surface area contributed by atoms with Crippen molar-refractivity contribution in [1.82, 2.24) is 4.90 Å². The van der Waals surface area contributed by atoms with Crippen LogP contribution < -0.4 is 10.1 Å². The predicted molar refractivity (Wildman–Crippen MR) is 120 cm³/mol. The van der Waals surface area contributed by atoms with Crippen LogP contribution in [0.1, 0.15) is 70.1 Å². The molecule has 1 aliphatic heterocycles. The zero-order chi connectivity index (χ0) is 23.4. The quantitative estimate of drug-likeness (QED) is 0.508. The summed E-state index contributed by atoms with van der Waals surface area (Å²) >= 11 is 0. The summed E-state index contributed by atoms with van der Waals surface area (Å²) in [5.74, 6) is -1.44. The van der Waals surface area contributed by atoms with Crippen LogP contribution in [0.4, 0.5) is 5.69 Å². The Morgan fingerprint density at radius 1 is 1.00 bits per heavy atom. The van der Waals surface area contributed by atoms with Crippen LogP contribution >= 0.6 is 0 Å². The lowest BCUT2D eigenvalue weighted by atomic mass is 9.94. The molecule has 8 nitrogen and oxygen atoms in total. The summed E-state index contributed by atoms with van der Waals surface area (Å²) in [5, 5.41) is 2.65. The number of benzene rings is 2. The number of carbonyl (C=O) groups excluding carboxylic acids is 4. The molecule has 1 N–H and O–H groups in total. The van der Waals surface area contributed by atoms with E-state index in [4.69, 9.17) is 9.47 Å². The van der Waals surface area contributed by atoms with Crippen LogP contribution in [0.3, 0.4) is 0 Å². The van der Waals surface area contributed by atoms with Crippen LogP contribution in [0.5, 0.6) is 5.75 Å². The van der Waals surface area contributed by atoms with E-state index in [2.05, 4.69) is 5.32 Å². The molecule has 0 bridgehead atoms. The van der Waals surface area contributed by atoms with Gasteiger partial charge in [-0.2, -0.15) is 0 Å². The second-order valence-corrected chi connectivity index (χ2v) is 8.09. The lowest BCUT2D eigenvalue weighted by molar-refractivity contribution is -0.119. The van der Waals surface area contributed by atoms with Crippen molar-refractivity contribution in [2.24, 2.45) is 0 Å². The first-order valence-electron chi connectivity index (χ1n) is 11.2. The molecule has 2 aliphatic rings. The first-order valence-corrected chi connectivity index (χ1v) is 11.2. The highest BCUT2D eigenvalue weighted by molar-refractivity contribution is 6.22. The third kappa shape index (κ3) is 4.74. The number of anilines is 1. The average molecular weight is 450 g/mol. The fourth-order valence-corrected chi connectivity index (χ4v) is 4.31. The van der Waals surface area contributed by atoms with E-state index in [0.717, 1.165) is 32.1 Å². The molecule has 172 valence electrons. The molecule has 0 radical (unpaired) electrons. The van der Waals surface area contributed by atoms with E-state index < -0.39 is 18.5 Å². The lowest BCUT2D eigenvalue weighted by Gasteiger charge is -2.29. The van der Waals surface area contributed by atoms with Gasteiger partial charge in [0.1, 0.15) is 5.75 Å². The van der Waals surface area contributed by atoms with Crippen LogP contribution in [-0.2, 0) is 9.53 Å². The standard InChI is InChI=1S/C25H26N2O6/c1-2-32-21-11-7-6-10-20(21)26-22(28)15-33-25(31)16-12-13-18-19(14-16)24(30)27(23(18)29)17-8-4-3-5-9-17/h6-7,10-14,17H,2-5,8-9,15H2,1H3,(H,26,28). The molecular weight excluding hydrogens is 424 g/mol. The second-order valence-electron chi connectivity index (χ2n) is 8.09. The summed E-state index contributed by atoms with van der Waals surface area (Å²) in [7, 11) is 0. The first kappa shape index (κ1) is 22.5. The van der Waals surface area contributed by atoms with Gasteiger partial charge in [-0.05, 0) is 50.1 Å². The number of para-hydroxylation sites is 2. The van der Waals surface area contributed by atoms with Crippen LogP contribution in [0.15, 0.2) is 42.5 Å². The van der Waals surface area contributed by atoms with Gasteiger partial charge in [-0.25, -0.2) is 4.79 Å². The van der Waals surface area contributed by atoms with E-state index in [9.17, 15) is 19.2 Å². The lowest BCUT2D eigenvalue weighted by Crippen LogP contribution is -2.40. The maximum atomic E-state index is 12.9. The van der Waals surface area contributed by atoms with Crippen molar-refractivity contribution in [3.8, 4) is 5.75 Å². The van der Waals surface area contributed by atoms with E-state index in [-0.39, 0.29) is 29.0 Å². The molecule has 1 saturated carbocycles. The molecule has 0 atom stereocenters. The van der Waals surface area contributed by atoms with Crippen LogP contribution in [0.2, 0.25) is 0 Å². The number of hydrogen-bond acceptors (Lipinski definition) is 6. The minimum Gasteiger partial charge on any atom is -0.492 e. The van der Waals surface area contributed by atoms with Crippen molar-refractivity contribution in [1.29, 1.82) is 0 Å². The second kappa shape index (κ2) is 9.85. The Morgan fingerprint density at radius 2 is 1.73 bits per heavy atom. The first-order chi connectivity index (χ1) is 16.0. The Labute approximate surface area is 191 Å². The zero-order valence-electron chi connectivity index (χ0n) is 18.5. The monoisotopic (exact) mass is 450 g/mol. The molecule has 1 aliphatic carbocycles. The zero-order valence-corrected chi connectivity index (χ0v) is 18.5. The molecule has 1 fully saturated rings. The van der Waals surface area contributed by atoms with Crippen molar-refractivity contribution in [3.63, 3.8) is 0 Å². The Morgan fingerprint density at radius 3 is 2.48 bits per heavy atom. The number of amides is 3. The number of imide groups is 1. The number of fused-ring (bicyclic) bond motifs is 1. The number of rotatable bonds is 7. The smallest absolute Gasteiger partial charge is 0.338 e. The molecule has 8 heteroatoms. The summed E-state index contributed by atoms with van der Waals surface area (Å²) in [5.41, 5.74) is 1.09. The van der Waals surface area contributed by atoms with Crippen molar-refractivity contribution < 1.29 is 28.7 Å². The molecule has 3 amide bonds. The summed E-state index contributed by atoms with van der Waals surface area (Å²) in [6, 6.07) is 11.2. The summed E-state index contributed by atoms with van der Waals surface area (Å²) in [6.07, 6.45) is 4.71. The van der Waals surface area contributed by atoms with Gasteiger partial charge in [0.05, 0.1) is 29.0 Å². The van der Waals surface area contributed by atoms with E-state index in [0.29, 0.717) is 23.6 Å². The SMILES string of the molecule is CCOc1ccccc1NC(=O)COC(=O)c1ccc2c(c1)C(=O)N(C1CCCCC1)C2=O. The topological polar surface area (TPSA) is 102 Å². The number of carbonyl (C=O) groups is 4. The Kier molecular flexibility index (Phi) is 6.72. The maximum absolute atomic E-state index is 12.9. The minimum atomic E-state index is -0.748. The van der Waals surface area contributed by atoms with Crippen LogP contribution in [0.25, 0.3) is 0 Å². The number of esters is 1. The van der Waals surface area contributed by atoms with Gasteiger partial charge in [-0.3, -0.25) is 19.3 Å². The number of hydrogen-bond donors (Lipinski definition) is 1. The van der Waals surface area contributed by atoms with Crippen molar-refractivity contribution in [2.45, 2.75) is 45.1 Å². The van der Waals surface area contributed by atoms with E-state index in [1.807, 2.05) is 6.92 Å². The van der Waals surface area contributed by atoms with E-state index in [1.165, 1.54) is 23.1 Å². The van der Waals surface area contributed by atoms with Gasteiger partial charge in [0.25, 0.3) is 17.7 Å². The molecule has 0 unspecified atom stereocenters. The Hall–Kier alpha value is -3.68. The molecular formula is C25H26N2O6. The molecule has 1 heterocycles. The molecule has 0 aromatic heterocycles. The highest BCUT2D eigenvalue weighted by atomic mass is 16.5. The summed E-state index contributed by atoms with van der Waals surface area (Å²) in [6.45, 7) is 1.78. The predicted octanol–water partition coefficient (Wildman–Crippen LogP) is 3.81. The van der Waals surface area contributed by atoms with Gasteiger partial charge >= 0.3 is 5.97 Å². The van der Waals surface area contributed by atoms with Gasteiger partial charge in [0.2, 0.25) is 0 Å². The Balaban J connectivity index is 1.39. The molecule has 0 spiro atoms. The minimum absolute atomic E-state index is 0.0928. The average Bonchev–Trinajstić information content (AvgIpc) is 3.09. The number of nitrogens with zero attached hydrogens (tertiary/aromatic N) is 1. The van der Waals surface area contributed by atoms with Gasteiger partial charge in [0.15, 0.2) is 6.61 Å². The van der Waals surface area contributed by atoms with Crippen molar-refractivity contribution in [2.75, 3.05) is 18.5 Å². The highest BCUT2D eigenvalue weighted by Gasteiger charge is 2.40. The van der Waals surface area contributed by atoms with Gasteiger partial charge in [-0.15, -0.1) is 0 Å². The summed E-state index contributed by atoms with van der Waals surface area (Å²) < 4.78 is 10.6. The van der Waals surface area contributed by atoms with Crippen molar-refractivity contribution >= 4 is 29.4 Å². The van der Waals surface area contributed by atoms with Gasteiger partial charge in [-0.1, -0.05) is 31.4 Å². The molecule has 33 heavy (non-hydrogen) atoms. The largest absolute Gasteiger partial charge is 0.492 e. The normalized spacial score (nSPS) is 15.8. The maximum Gasteiger partial charge on any atom is 0.338 e. The molecule has 2 aromatic rings. The van der Waals surface area contributed by atoms with Gasteiger partial charge < -0.3 is 14.8 Å². The fraction of sp³-hybridized carbons (Fsp3) is 0.360. The Bertz CT molecular complexity index is 1090. The summed E-state index contributed by atoms with van der Waals surface area (Å²) in [4.78, 5) is 51.8. The third-order valence-electron chi connectivity index (χ3n) is 5.89. The molecule has 0 saturated heterocycles. The van der Waals surface area contributed by atoms with Crippen LogP contribution in [-0.4, -0.2) is 47.8 Å². The number of ether oxygens (including phenoxy) is 2. The fourth-order valence-electron chi connectivity index (χ4n) is 4.31. The van der Waals surface area contributed by atoms with Gasteiger partial charge in [0, 0.05) is 6.04 Å². The third-order valence-corrected chi connectivity index (χ3v) is 5.89. The van der Waals surface area contributed by atoms with E-state index in [1.54, 1.807) is 24.3 Å². The van der Waals surface area contributed by atoms with E-state index >= 15 is 0 Å². The highest BCUT2D eigenvalue weighted by Crippen LogP contribution is 2.31.